The first-order chi connectivity index (χ1) is 13.9. The Morgan fingerprint density at radius 3 is 2.57 bits per heavy atom. The zero-order valence-electron chi connectivity index (χ0n) is 16.8. The molecule has 158 valence electrons. The fourth-order valence-corrected chi connectivity index (χ4v) is 4.90. The number of carbonyl (C=O) groups is 1. The molecule has 0 radical (unpaired) electrons. The molecular weight excluding hydrogens is 439 g/mol. The van der Waals surface area contributed by atoms with Gasteiger partial charge in [0.25, 0.3) is 0 Å². The summed E-state index contributed by atoms with van der Waals surface area (Å²) >= 11 is 7.40. The maximum Gasteiger partial charge on any atom is 0.421 e. The molecule has 1 aliphatic rings. The third kappa shape index (κ3) is 3.99. The Hall–Kier alpha value is -1.95. The molecule has 2 aromatic heterocycles. The van der Waals surface area contributed by atoms with Gasteiger partial charge in [0.15, 0.2) is 5.15 Å². The number of esters is 1. The van der Waals surface area contributed by atoms with E-state index in [0.717, 1.165) is 11.3 Å². The van der Waals surface area contributed by atoms with Gasteiger partial charge in [-0.3, -0.25) is 4.79 Å². The van der Waals surface area contributed by atoms with Crippen molar-refractivity contribution >= 4 is 69.2 Å². The normalized spacial score (nSPS) is 19.6. The summed E-state index contributed by atoms with van der Waals surface area (Å²) in [6, 6.07) is 0. The maximum atomic E-state index is 13.1. The van der Waals surface area contributed by atoms with Crippen LogP contribution < -0.4 is 10.6 Å². The molecule has 30 heavy (non-hydrogen) atoms. The number of hydrogen-bond acceptors (Lipinski definition) is 8. The van der Waals surface area contributed by atoms with Crippen molar-refractivity contribution in [2.75, 3.05) is 23.8 Å². The number of rotatable bonds is 6. The molecule has 15 heteroatoms. The summed E-state index contributed by atoms with van der Waals surface area (Å²) in [5.41, 5.74) is -1.93. The third-order valence-electron chi connectivity index (χ3n) is 4.95. The van der Waals surface area contributed by atoms with Gasteiger partial charge in [0.05, 0.1) is 30.1 Å². The SMILES string of the molecule is BC(B)(B)C1(c2nc(Cl)c(Nc3ncc(C(F)(F)F)c(NCC)n3)s2)CCOC1=O. The molecule has 0 aromatic carbocycles. The van der Waals surface area contributed by atoms with E-state index in [0.29, 0.717) is 22.6 Å². The molecule has 2 N–H and O–H groups in total. The Labute approximate surface area is 182 Å². The van der Waals surface area contributed by atoms with Crippen LogP contribution in [-0.2, 0) is 21.1 Å². The molecule has 2 aromatic rings. The number of aromatic nitrogens is 3. The van der Waals surface area contributed by atoms with Crippen molar-refractivity contribution in [3.63, 3.8) is 0 Å². The molecule has 0 spiro atoms. The molecule has 1 fully saturated rings. The number of hydrogen-bond donors (Lipinski definition) is 2. The number of nitrogens with one attached hydrogen (secondary N) is 2. The van der Waals surface area contributed by atoms with Crippen LogP contribution in [0.4, 0.5) is 29.9 Å². The van der Waals surface area contributed by atoms with E-state index in [1.165, 1.54) is 0 Å². The topological polar surface area (TPSA) is 89.0 Å². The Bertz CT molecular complexity index is 972. The van der Waals surface area contributed by atoms with Gasteiger partial charge in [-0.05, 0) is 6.92 Å². The highest BCUT2D eigenvalue weighted by molar-refractivity contribution is 7.16. The third-order valence-corrected chi connectivity index (χ3v) is 6.47. The largest absolute Gasteiger partial charge is 0.465 e. The van der Waals surface area contributed by atoms with Gasteiger partial charge < -0.3 is 15.4 Å². The number of alkyl halides is 3. The molecule has 3 rings (SSSR count). The van der Waals surface area contributed by atoms with E-state index >= 15 is 0 Å². The molecular formula is C15H18B3ClF3N5O2S. The first-order valence-electron chi connectivity index (χ1n) is 9.19. The number of cyclic esters (lactones) is 1. The van der Waals surface area contributed by atoms with Crippen molar-refractivity contribution in [1.29, 1.82) is 0 Å². The van der Waals surface area contributed by atoms with Gasteiger partial charge in [-0.25, -0.2) is 9.97 Å². The second-order valence-corrected chi connectivity index (χ2v) is 9.15. The second-order valence-electron chi connectivity index (χ2n) is 7.79. The summed E-state index contributed by atoms with van der Waals surface area (Å²) in [4.78, 5) is 24.7. The second kappa shape index (κ2) is 7.95. The van der Waals surface area contributed by atoms with Crippen LogP contribution in [0.2, 0.25) is 10.3 Å². The van der Waals surface area contributed by atoms with Crippen LogP contribution in [0.15, 0.2) is 6.20 Å². The summed E-state index contributed by atoms with van der Waals surface area (Å²) in [5.74, 6) is -0.782. The van der Waals surface area contributed by atoms with E-state index in [9.17, 15) is 18.0 Å². The number of halogens is 4. The van der Waals surface area contributed by atoms with E-state index in [-0.39, 0.29) is 36.0 Å². The van der Waals surface area contributed by atoms with Gasteiger partial charge in [-0.15, -0.1) is 0 Å². The summed E-state index contributed by atoms with van der Waals surface area (Å²) in [5, 5.41) is 5.81. The quantitative estimate of drug-likeness (QED) is 0.493. The fourth-order valence-electron chi connectivity index (χ4n) is 3.33. The molecule has 0 saturated carbocycles. The van der Waals surface area contributed by atoms with E-state index < -0.39 is 22.3 Å². The highest BCUT2D eigenvalue weighted by Crippen LogP contribution is 2.51. The van der Waals surface area contributed by atoms with Crippen LogP contribution in [0.3, 0.4) is 0 Å². The minimum Gasteiger partial charge on any atom is -0.465 e. The van der Waals surface area contributed by atoms with Gasteiger partial charge >= 0.3 is 12.1 Å². The van der Waals surface area contributed by atoms with Gasteiger partial charge in [0, 0.05) is 19.2 Å². The number of nitrogens with zero attached hydrogens (tertiary/aromatic N) is 3. The van der Waals surface area contributed by atoms with Crippen LogP contribution in [0, 0.1) is 0 Å². The summed E-state index contributed by atoms with van der Waals surface area (Å²) in [6.07, 6.45) is -3.43. The molecule has 1 atom stereocenters. The van der Waals surface area contributed by atoms with Crippen LogP contribution >= 0.6 is 22.9 Å². The maximum absolute atomic E-state index is 13.1. The van der Waals surface area contributed by atoms with Crippen molar-refractivity contribution in [2.24, 2.45) is 0 Å². The number of ether oxygens (including phenoxy) is 1. The average molecular weight is 457 g/mol. The lowest BCUT2D eigenvalue weighted by atomic mass is 9.32. The molecule has 1 aliphatic heterocycles. The molecule has 3 heterocycles. The lowest BCUT2D eigenvalue weighted by Crippen LogP contribution is -2.45. The Morgan fingerprint density at radius 2 is 2.03 bits per heavy atom. The minimum atomic E-state index is -4.59. The van der Waals surface area contributed by atoms with E-state index in [2.05, 4.69) is 25.6 Å². The fraction of sp³-hybridized carbons (Fsp3) is 0.467. The molecule has 7 nitrogen and oxygen atoms in total. The average Bonchev–Trinajstić information content (AvgIpc) is 3.18. The standard InChI is InChI=1S/C15H18B3ClF3N5O2S/c1-2-23-8-6(14(20,21)22)5-24-12(26-8)27-9-7(19)25-10(30-9)13(15(16,17)18)3-4-29-11(13)28/h5H,2-4,16-18H2,1H3,(H2,23,24,26,27). The van der Waals surface area contributed by atoms with Crippen molar-refractivity contribution in [2.45, 2.75) is 30.0 Å². The number of anilines is 3. The summed E-state index contributed by atoms with van der Waals surface area (Å²) < 4.78 is 44.7. The first-order valence-corrected chi connectivity index (χ1v) is 10.4. The van der Waals surface area contributed by atoms with Crippen LogP contribution in [0.25, 0.3) is 0 Å². The van der Waals surface area contributed by atoms with Crippen LogP contribution in [0.1, 0.15) is 23.9 Å². The Morgan fingerprint density at radius 1 is 1.33 bits per heavy atom. The molecule has 0 amide bonds. The smallest absolute Gasteiger partial charge is 0.421 e. The summed E-state index contributed by atoms with van der Waals surface area (Å²) in [6.45, 7) is 2.19. The van der Waals surface area contributed by atoms with Crippen molar-refractivity contribution in [3.05, 3.63) is 21.9 Å². The lowest BCUT2D eigenvalue weighted by Gasteiger charge is -2.36. The molecule has 0 bridgehead atoms. The van der Waals surface area contributed by atoms with Crippen molar-refractivity contribution < 1.29 is 22.7 Å². The highest BCUT2D eigenvalue weighted by Gasteiger charge is 2.56. The van der Waals surface area contributed by atoms with Crippen LogP contribution in [0.5, 0.6) is 0 Å². The van der Waals surface area contributed by atoms with Crippen molar-refractivity contribution in [3.8, 4) is 0 Å². The Balaban J connectivity index is 1.97. The van der Waals surface area contributed by atoms with E-state index in [1.54, 1.807) is 6.92 Å². The zero-order valence-corrected chi connectivity index (χ0v) is 18.3. The lowest BCUT2D eigenvalue weighted by molar-refractivity contribution is -0.142. The molecule has 1 saturated heterocycles. The van der Waals surface area contributed by atoms with Gasteiger partial charge in [-0.1, -0.05) is 28.1 Å². The first kappa shape index (κ1) is 22.7. The minimum absolute atomic E-state index is 0.0742. The monoisotopic (exact) mass is 457 g/mol. The Kier molecular flexibility index (Phi) is 6.03. The van der Waals surface area contributed by atoms with E-state index in [1.807, 2.05) is 23.5 Å². The molecule has 0 aliphatic carbocycles. The van der Waals surface area contributed by atoms with Crippen LogP contribution in [-0.4, -0.2) is 57.6 Å². The van der Waals surface area contributed by atoms with E-state index in [4.69, 9.17) is 16.3 Å². The van der Waals surface area contributed by atoms with Gasteiger partial charge in [0.2, 0.25) is 5.95 Å². The van der Waals surface area contributed by atoms with Gasteiger partial charge in [0.1, 0.15) is 26.8 Å². The van der Waals surface area contributed by atoms with Crippen molar-refractivity contribution in [1.82, 2.24) is 15.0 Å². The zero-order chi connectivity index (χ0) is 22.3. The highest BCUT2D eigenvalue weighted by atomic mass is 35.5. The number of thiazole rings is 1. The summed E-state index contributed by atoms with van der Waals surface area (Å²) in [7, 11) is 5.76. The molecule has 1 unspecified atom stereocenters. The number of carbonyl (C=O) groups excluding carboxylic acids is 1. The van der Waals surface area contributed by atoms with Gasteiger partial charge in [-0.2, -0.15) is 18.2 Å². The predicted octanol–water partition coefficient (Wildman–Crippen LogP) is 0.938. The predicted molar refractivity (Wildman–Crippen MR) is 117 cm³/mol.